The molecule has 0 bridgehead atoms. The van der Waals surface area contributed by atoms with Gasteiger partial charge in [0.25, 0.3) is 0 Å². The Morgan fingerprint density at radius 3 is 2.46 bits per heavy atom. The van der Waals surface area contributed by atoms with Crippen LogP contribution in [0.25, 0.3) is 0 Å². The van der Waals surface area contributed by atoms with Gasteiger partial charge in [-0.1, -0.05) is 48.5 Å². The molecule has 1 heterocycles. The van der Waals surface area contributed by atoms with E-state index in [2.05, 4.69) is 42.6 Å². The third-order valence-electron chi connectivity index (χ3n) is 5.44. The number of ether oxygens (including phenoxy) is 1. The smallest absolute Gasteiger partial charge is 0.317 e. The highest BCUT2D eigenvalue weighted by molar-refractivity contribution is 5.75. The predicted molar refractivity (Wildman–Crippen MR) is 103 cm³/mol. The zero-order valence-corrected chi connectivity index (χ0v) is 15.2. The summed E-state index contributed by atoms with van der Waals surface area (Å²) in [6, 6.07) is 18.9. The van der Waals surface area contributed by atoms with Crippen LogP contribution in [0.3, 0.4) is 0 Å². The zero-order valence-electron chi connectivity index (χ0n) is 15.2. The Morgan fingerprint density at radius 1 is 1.04 bits per heavy atom. The molecule has 136 valence electrons. The molecular weight excluding hydrogens is 324 g/mol. The van der Waals surface area contributed by atoms with Crippen molar-refractivity contribution in [3.8, 4) is 5.75 Å². The minimum Gasteiger partial charge on any atom is -0.490 e. The molecule has 0 spiro atoms. The van der Waals surface area contributed by atoms with E-state index in [4.69, 9.17) is 4.74 Å². The first kappa shape index (κ1) is 17.0. The van der Waals surface area contributed by atoms with Crippen LogP contribution in [0.15, 0.2) is 54.6 Å². The van der Waals surface area contributed by atoms with E-state index in [9.17, 15) is 4.79 Å². The first-order valence-corrected chi connectivity index (χ1v) is 9.53. The average Bonchev–Trinajstić information content (AvgIpc) is 3.44. The van der Waals surface area contributed by atoms with E-state index in [0.29, 0.717) is 5.92 Å². The number of hydrogen-bond acceptors (Lipinski definition) is 2. The number of nitrogens with one attached hydrogen (secondary N) is 1. The molecule has 2 amide bonds. The highest BCUT2D eigenvalue weighted by Crippen LogP contribution is 2.40. The number of hydrogen-bond donors (Lipinski definition) is 1. The summed E-state index contributed by atoms with van der Waals surface area (Å²) in [5, 5.41) is 3.19. The molecule has 0 radical (unpaired) electrons. The van der Waals surface area contributed by atoms with Gasteiger partial charge in [-0.25, -0.2) is 4.79 Å². The summed E-state index contributed by atoms with van der Waals surface area (Å²) in [7, 11) is 0. The van der Waals surface area contributed by atoms with E-state index in [0.717, 1.165) is 43.7 Å². The van der Waals surface area contributed by atoms with Gasteiger partial charge < -0.3 is 15.0 Å². The number of urea groups is 1. The summed E-state index contributed by atoms with van der Waals surface area (Å²) < 4.78 is 6.12. The van der Waals surface area contributed by atoms with Crippen LogP contribution >= 0.6 is 0 Å². The number of rotatable bonds is 4. The predicted octanol–water partition coefficient (Wildman–Crippen LogP) is 4.10. The van der Waals surface area contributed by atoms with Crippen molar-refractivity contribution in [3.05, 3.63) is 65.7 Å². The molecule has 0 aromatic heterocycles. The molecule has 2 aromatic carbocycles. The molecule has 2 atom stereocenters. The fourth-order valence-corrected chi connectivity index (χ4v) is 3.72. The van der Waals surface area contributed by atoms with Crippen molar-refractivity contribution in [2.75, 3.05) is 13.1 Å². The molecule has 4 rings (SSSR count). The number of benzene rings is 2. The second-order valence-electron chi connectivity index (χ2n) is 7.38. The third-order valence-corrected chi connectivity index (χ3v) is 5.44. The van der Waals surface area contributed by atoms with Crippen molar-refractivity contribution in [2.45, 2.75) is 44.2 Å². The molecule has 4 nitrogen and oxygen atoms in total. The van der Waals surface area contributed by atoms with Crippen LogP contribution in [0.4, 0.5) is 4.79 Å². The number of carbonyl (C=O) groups excluding carboxylic acids is 1. The van der Waals surface area contributed by atoms with E-state index < -0.39 is 0 Å². The Kier molecular flexibility index (Phi) is 4.83. The number of piperidine rings is 1. The van der Waals surface area contributed by atoms with E-state index in [-0.39, 0.29) is 18.2 Å². The summed E-state index contributed by atoms with van der Waals surface area (Å²) >= 11 is 0. The summed E-state index contributed by atoms with van der Waals surface area (Å²) in [5.41, 5.74) is 2.48. The Morgan fingerprint density at radius 2 is 1.73 bits per heavy atom. The largest absolute Gasteiger partial charge is 0.490 e. The van der Waals surface area contributed by atoms with Crippen LogP contribution in [0.1, 0.15) is 36.3 Å². The minimum atomic E-state index is 0.0720. The van der Waals surface area contributed by atoms with Crippen molar-refractivity contribution in [1.29, 1.82) is 0 Å². The van der Waals surface area contributed by atoms with Crippen LogP contribution in [-0.4, -0.2) is 36.2 Å². The molecule has 1 aliphatic heterocycles. The number of para-hydroxylation sites is 1. The van der Waals surface area contributed by atoms with E-state index in [1.54, 1.807) is 0 Å². The van der Waals surface area contributed by atoms with Gasteiger partial charge in [0.1, 0.15) is 11.9 Å². The van der Waals surface area contributed by atoms with Crippen molar-refractivity contribution in [2.24, 2.45) is 0 Å². The van der Waals surface area contributed by atoms with Crippen molar-refractivity contribution in [3.63, 3.8) is 0 Å². The van der Waals surface area contributed by atoms with Gasteiger partial charge in [0.05, 0.1) is 0 Å². The fraction of sp³-hybridized carbons (Fsp3) is 0.409. The highest BCUT2D eigenvalue weighted by atomic mass is 16.5. The molecule has 0 unspecified atom stereocenters. The molecular formula is C22H26N2O2. The summed E-state index contributed by atoms with van der Waals surface area (Å²) in [6.45, 7) is 3.58. The monoisotopic (exact) mass is 350 g/mol. The number of aryl methyl sites for hydroxylation is 1. The summed E-state index contributed by atoms with van der Waals surface area (Å²) in [5.74, 6) is 1.43. The first-order valence-electron chi connectivity index (χ1n) is 9.53. The first-order chi connectivity index (χ1) is 12.7. The lowest BCUT2D eigenvalue weighted by molar-refractivity contribution is 0.110. The Labute approximate surface area is 155 Å². The van der Waals surface area contributed by atoms with Gasteiger partial charge in [0.2, 0.25) is 0 Å². The second kappa shape index (κ2) is 7.40. The lowest BCUT2D eigenvalue weighted by Crippen LogP contribution is -2.47. The Bertz CT molecular complexity index is 754. The molecule has 2 aliphatic rings. The molecule has 2 aromatic rings. The number of carbonyl (C=O) groups is 1. The summed E-state index contributed by atoms with van der Waals surface area (Å²) in [6.07, 6.45) is 3.00. The van der Waals surface area contributed by atoms with Gasteiger partial charge >= 0.3 is 6.03 Å². The molecule has 26 heavy (non-hydrogen) atoms. The number of amides is 2. The standard InChI is InChI=1S/C22H26N2O2/c1-16-7-5-6-10-21(16)26-18-11-13-24(14-12-18)22(25)23-20-15-19(20)17-8-3-2-4-9-17/h2-10,18-20H,11-15H2,1H3,(H,23,25)/t19-,20+/m1/s1. The lowest BCUT2D eigenvalue weighted by atomic mass is 10.1. The van der Waals surface area contributed by atoms with Gasteiger partial charge in [-0.2, -0.15) is 0 Å². The topological polar surface area (TPSA) is 41.6 Å². The minimum absolute atomic E-state index is 0.0720. The van der Waals surface area contributed by atoms with Crippen molar-refractivity contribution >= 4 is 6.03 Å². The molecule has 2 fully saturated rings. The van der Waals surface area contributed by atoms with Gasteiger partial charge in [-0.05, 0) is 30.5 Å². The number of nitrogens with zero attached hydrogens (tertiary/aromatic N) is 1. The molecule has 1 N–H and O–H groups in total. The Hall–Kier alpha value is -2.49. The molecule has 1 saturated heterocycles. The van der Waals surface area contributed by atoms with Crippen LogP contribution < -0.4 is 10.1 Å². The van der Waals surface area contributed by atoms with Crippen molar-refractivity contribution < 1.29 is 9.53 Å². The van der Waals surface area contributed by atoms with Crippen LogP contribution in [0.5, 0.6) is 5.75 Å². The van der Waals surface area contributed by atoms with E-state index in [1.165, 1.54) is 5.56 Å². The second-order valence-corrected chi connectivity index (χ2v) is 7.38. The van der Waals surface area contributed by atoms with Crippen LogP contribution in [-0.2, 0) is 0 Å². The molecule has 1 aliphatic carbocycles. The normalized spacial score (nSPS) is 22.7. The van der Waals surface area contributed by atoms with E-state index in [1.807, 2.05) is 29.2 Å². The number of likely N-dealkylation sites (tertiary alicyclic amines) is 1. The SMILES string of the molecule is Cc1ccccc1OC1CCN(C(=O)N[C@H]2C[C@@H]2c2ccccc2)CC1. The molecule has 4 heteroatoms. The third kappa shape index (κ3) is 3.85. The average molecular weight is 350 g/mol. The zero-order chi connectivity index (χ0) is 17.9. The Balaban J connectivity index is 1.24. The maximum absolute atomic E-state index is 12.5. The summed E-state index contributed by atoms with van der Waals surface area (Å²) in [4.78, 5) is 14.4. The van der Waals surface area contributed by atoms with Crippen LogP contribution in [0, 0.1) is 6.92 Å². The molecule has 1 saturated carbocycles. The fourth-order valence-electron chi connectivity index (χ4n) is 3.72. The highest BCUT2D eigenvalue weighted by Gasteiger charge is 2.40. The lowest BCUT2D eigenvalue weighted by Gasteiger charge is -2.32. The van der Waals surface area contributed by atoms with Crippen molar-refractivity contribution in [1.82, 2.24) is 10.2 Å². The van der Waals surface area contributed by atoms with E-state index >= 15 is 0 Å². The van der Waals surface area contributed by atoms with Crippen LogP contribution in [0.2, 0.25) is 0 Å². The van der Waals surface area contributed by atoms with Gasteiger partial charge in [-0.3, -0.25) is 0 Å². The van der Waals surface area contributed by atoms with Gasteiger partial charge in [0.15, 0.2) is 0 Å². The quantitative estimate of drug-likeness (QED) is 0.902. The maximum atomic E-state index is 12.5. The maximum Gasteiger partial charge on any atom is 0.317 e. The van der Waals surface area contributed by atoms with Gasteiger partial charge in [0, 0.05) is 37.9 Å². The van der Waals surface area contributed by atoms with Gasteiger partial charge in [-0.15, -0.1) is 0 Å².